The number of hydrogen-bond donors (Lipinski definition) is 1. The van der Waals surface area contributed by atoms with E-state index in [9.17, 15) is 9.18 Å². The van der Waals surface area contributed by atoms with Crippen molar-refractivity contribution < 1.29 is 23.8 Å². The third-order valence-electron chi connectivity index (χ3n) is 2.61. The van der Waals surface area contributed by atoms with E-state index in [1.807, 2.05) is 0 Å². The summed E-state index contributed by atoms with van der Waals surface area (Å²) in [5.41, 5.74) is 0.0808. The molecule has 0 heterocycles. The number of aromatic carboxylic acids is 1. The number of benzene rings is 2. The second kappa shape index (κ2) is 6.95. The van der Waals surface area contributed by atoms with Gasteiger partial charge in [0.25, 0.3) is 0 Å². The number of para-hydroxylation sites is 1. The van der Waals surface area contributed by atoms with Crippen LogP contribution in [0.5, 0.6) is 11.5 Å². The fourth-order valence-corrected chi connectivity index (χ4v) is 1.89. The molecule has 21 heavy (non-hydrogen) atoms. The lowest BCUT2D eigenvalue weighted by molar-refractivity contribution is 0.0691. The van der Waals surface area contributed by atoms with Gasteiger partial charge < -0.3 is 14.6 Å². The first-order valence-corrected chi connectivity index (χ1v) is 6.48. The highest BCUT2D eigenvalue weighted by Crippen LogP contribution is 2.25. The summed E-state index contributed by atoms with van der Waals surface area (Å²) in [5, 5.41) is 9.17. The number of carboxylic acids is 1. The number of rotatable bonds is 6. The van der Waals surface area contributed by atoms with E-state index >= 15 is 0 Å². The van der Waals surface area contributed by atoms with Gasteiger partial charge in [-0.2, -0.15) is 0 Å². The van der Waals surface area contributed by atoms with Crippen LogP contribution in [0.3, 0.4) is 0 Å². The lowest BCUT2D eigenvalue weighted by Crippen LogP contribution is -2.11. The summed E-state index contributed by atoms with van der Waals surface area (Å²) in [7, 11) is 0. The molecule has 0 aliphatic rings. The maximum atomic E-state index is 12.9. The van der Waals surface area contributed by atoms with Gasteiger partial charge in [-0.3, -0.25) is 0 Å². The lowest BCUT2D eigenvalue weighted by atomic mass is 10.2. The zero-order chi connectivity index (χ0) is 15.2. The first-order chi connectivity index (χ1) is 10.1. The highest BCUT2D eigenvalue weighted by Gasteiger charge is 2.10. The smallest absolute Gasteiger partial charge is 0.339 e. The Hall–Kier alpha value is -2.27. The standard InChI is InChI=1S/C15H12ClFO4/c16-12-9-10(17)5-6-14(12)21-8-7-20-13-4-2-1-3-11(13)15(18)19/h1-6,9H,7-8H2,(H,18,19). The van der Waals surface area contributed by atoms with Crippen LogP contribution in [-0.4, -0.2) is 24.3 Å². The normalized spacial score (nSPS) is 10.2. The summed E-state index contributed by atoms with van der Waals surface area (Å²) < 4.78 is 23.6. The third kappa shape index (κ3) is 4.10. The van der Waals surface area contributed by atoms with Crippen LogP contribution in [0.25, 0.3) is 0 Å². The SMILES string of the molecule is O=C(O)c1ccccc1OCCOc1ccc(F)cc1Cl. The zero-order valence-corrected chi connectivity index (χ0v) is 11.6. The van der Waals surface area contributed by atoms with Crippen molar-refractivity contribution in [3.8, 4) is 11.5 Å². The molecular formula is C15H12ClFO4. The summed E-state index contributed by atoms with van der Waals surface area (Å²) in [6.45, 7) is 0.289. The van der Waals surface area contributed by atoms with Crippen molar-refractivity contribution in [2.24, 2.45) is 0 Å². The van der Waals surface area contributed by atoms with Gasteiger partial charge in [-0.05, 0) is 30.3 Å². The van der Waals surface area contributed by atoms with Gasteiger partial charge in [0.1, 0.15) is 36.1 Å². The molecule has 0 aliphatic carbocycles. The first kappa shape index (κ1) is 15.1. The maximum absolute atomic E-state index is 12.9. The highest BCUT2D eigenvalue weighted by molar-refractivity contribution is 6.32. The van der Waals surface area contributed by atoms with Gasteiger partial charge in [0.15, 0.2) is 0 Å². The van der Waals surface area contributed by atoms with Crippen LogP contribution >= 0.6 is 11.6 Å². The van der Waals surface area contributed by atoms with E-state index in [0.29, 0.717) is 5.75 Å². The van der Waals surface area contributed by atoms with E-state index in [1.165, 1.54) is 18.2 Å². The molecule has 0 spiro atoms. The van der Waals surface area contributed by atoms with Crippen molar-refractivity contribution in [2.45, 2.75) is 0 Å². The van der Waals surface area contributed by atoms with Gasteiger partial charge >= 0.3 is 5.97 Å². The van der Waals surface area contributed by atoms with Crippen LogP contribution < -0.4 is 9.47 Å². The molecule has 0 saturated heterocycles. The molecule has 0 atom stereocenters. The Morgan fingerprint density at radius 3 is 2.43 bits per heavy atom. The minimum Gasteiger partial charge on any atom is -0.489 e. The number of halogens is 2. The monoisotopic (exact) mass is 310 g/mol. The topological polar surface area (TPSA) is 55.8 Å². The Kier molecular flexibility index (Phi) is 5.00. The van der Waals surface area contributed by atoms with E-state index in [-0.39, 0.29) is 29.5 Å². The predicted octanol–water partition coefficient (Wildman–Crippen LogP) is 3.64. The molecule has 0 saturated carbocycles. The van der Waals surface area contributed by atoms with Crippen molar-refractivity contribution in [3.05, 3.63) is 58.9 Å². The fourth-order valence-electron chi connectivity index (χ4n) is 1.66. The van der Waals surface area contributed by atoms with Crippen LogP contribution in [0.1, 0.15) is 10.4 Å². The van der Waals surface area contributed by atoms with E-state index in [4.69, 9.17) is 26.2 Å². The fraction of sp³-hybridized carbons (Fsp3) is 0.133. The van der Waals surface area contributed by atoms with E-state index in [2.05, 4.69) is 0 Å². The molecule has 0 bridgehead atoms. The van der Waals surface area contributed by atoms with Crippen molar-refractivity contribution >= 4 is 17.6 Å². The molecule has 0 aromatic heterocycles. The molecule has 4 nitrogen and oxygen atoms in total. The summed E-state index contributed by atoms with van der Waals surface area (Å²) in [4.78, 5) is 11.0. The van der Waals surface area contributed by atoms with Crippen LogP contribution in [0.4, 0.5) is 4.39 Å². The average molecular weight is 311 g/mol. The molecule has 2 aromatic rings. The number of carboxylic acid groups (broad SMARTS) is 1. The van der Waals surface area contributed by atoms with Crippen LogP contribution in [0.2, 0.25) is 5.02 Å². The molecule has 2 rings (SSSR count). The third-order valence-corrected chi connectivity index (χ3v) is 2.91. The zero-order valence-electron chi connectivity index (χ0n) is 10.9. The van der Waals surface area contributed by atoms with Crippen molar-refractivity contribution in [1.29, 1.82) is 0 Å². The Morgan fingerprint density at radius 2 is 1.76 bits per heavy atom. The number of ether oxygens (including phenoxy) is 2. The minimum atomic E-state index is -1.06. The molecule has 0 fully saturated rings. The van der Waals surface area contributed by atoms with Gasteiger partial charge in [0.2, 0.25) is 0 Å². The van der Waals surface area contributed by atoms with Crippen LogP contribution in [-0.2, 0) is 0 Å². The molecule has 0 radical (unpaired) electrons. The van der Waals surface area contributed by atoms with Crippen LogP contribution in [0, 0.1) is 5.82 Å². The van der Waals surface area contributed by atoms with Gasteiger partial charge in [-0.1, -0.05) is 23.7 Å². The van der Waals surface area contributed by atoms with E-state index < -0.39 is 11.8 Å². The summed E-state index contributed by atoms with van der Waals surface area (Å²) in [6, 6.07) is 10.1. The summed E-state index contributed by atoms with van der Waals surface area (Å²) in [6.07, 6.45) is 0. The van der Waals surface area contributed by atoms with Crippen molar-refractivity contribution in [1.82, 2.24) is 0 Å². The predicted molar refractivity (Wildman–Crippen MR) is 75.8 cm³/mol. The van der Waals surface area contributed by atoms with Gasteiger partial charge in [0, 0.05) is 0 Å². The molecule has 110 valence electrons. The maximum Gasteiger partial charge on any atom is 0.339 e. The second-order valence-electron chi connectivity index (χ2n) is 4.07. The number of carbonyl (C=O) groups is 1. The first-order valence-electron chi connectivity index (χ1n) is 6.11. The summed E-state index contributed by atoms with van der Waals surface area (Å²) in [5.74, 6) is -0.904. The Bertz CT molecular complexity index is 645. The largest absolute Gasteiger partial charge is 0.489 e. The number of hydrogen-bond acceptors (Lipinski definition) is 3. The Morgan fingerprint density at radius 1 is 1.10 bits per heavy atom. The molecule has 0 amide bonds. The highest BCUT2D eigenvalue weighted by atomic mass is 35.5. The van der Waals surface area contributed by atoms with Crippen molar-refractivity contribution in [3.63, 3.8) is 0 Å². The molecule has 6 heteroatoms. The van der Waals surface area contributed by atoms with Gasteiger partial charge in [-0.15, -0.1) is 0 Å². The molecular weight excluding hydrogens is 299 g/mol. The lowest BCUT2D eigenvalue weighted by Gasteiger charge is -2.11. The Balaban J connectivity index is 1.89. The Labute approximate surface area is 125 Å². The van der Waals surface area contributed by atoms with Gasteiger partial charge in [-0.25, -0.2) is 9.18 Å². The second-order valence-corrected chi connectivity index (χ2v) is 4.48. The molecule has 2 aromatic carbocycles. The molecule has 0 aliphatic heterocycles. The molecule has 0 unspecified atom stereocenters. The minimum absolute atomic E-state index is 0.0808. The van der Waals surface area contributed by atoms with Gasteiger partial charge in [0.05, 0.1) is 5.02 Å². The van der Waals surface area contributed by atoms with Crippen LogP contribution in [0.15, 0.2) is 42.5 Å². The van der Waals surface area contributed by atoms with E-state index in [0.717, 1.165) is 6.07 Å². The van der Waals surface area contributed by atoms with E-state index in [1.54, 1.807) is 18.2 Å². The molecule has 1 N–H and O–H groups in total. The quantitative estimate of drug-likeness (QED) is 0.828. The summed E-state index contributed by atoms with van der Waals surface area (Å²) >= 11 is 5.81. The van der Waals surface area contributed by atoms with Crippen molar-refractivity contribution in [2.75, 3.05) is 13.2 Å². The average Bonchev–Trinajstić information content (AvgIpc) is 2.45.